The predicted octanol–water partition coefficient (Wildman–Crippen LogP) is 2.30. The summed E-state index contributed by atoms with van der Waals surface area (Å²) in [7, 11) is 1.68. The fraction of sp³-hybridized carbons (Fsp3) is 0.588. The van der Waals surface area contributed by atoms with Gasteiger partial charge in [0.1, 0.15) is 5.75 Å². The zero-order valence-corrected chi connectivity index (χ0v) is 13.2. The lowest BCUT2D eigenvalue weighted by Crippen LogP contribution is -2.45. The third-order valence-corrected chi connectivity index (χ3v) is 3.98. The third kappa shape index (κ3) is 4.74. The molecule has 4 heteroatoms. The number of rotatable bonds is 7. The van der Waals surface area contributed by atoms with Crippen molar-refractivity contribution in [3.8, 4) is 5.75 Å². The minimum Gasteiger partial charge on any atom is -0.497 e. The van der Waals surface area contributed by atoms with Crippen LogP contribution in [0.5, 0.6) is 5.75 Å². The van der Waals surface area contributed by atoms with Gasteiger partial charge in [-0.3, -0.25) is 4.79 Å². The average Bonchev–Trinajstić information content (AvgIpc) is 2.44. The Hall–Kier alpha value is -1.55. The van der Waals surface area contributed by atoms with Crippen LogP contribution >= 0.6 is 0 Å². The van der Waals surface area contributed by atoms with Crippen molar-refractivity contribution in [2.24, 2.45) is 5.92 Å². The highest BCUT2D eigenvalue weighted by Crippen LogP contribution is 2.37. The van der Waals surface area contributed by atoms with Crippen LogP contribution in [0.1, 0.15) is 38.2 Å². The summed E-state index contributed by atoms with van der Waals surface area (Å²) in [5, 5.41) is 6.25. The zero-order chi connectivity index (χ0) is 15.2. The molecule has 0 aliphatic heterocycles. The molecule has 0 bridgehead atoms. The van der Waals surface area contributed by atoms with Gasteiger partial charge >= 0.3 is 0 Å². The van der Waals surface area contributed by atoms with Crippen molar-refractivity contribution in [2.75, 3.05) is 20.2 Å². The summed E-state index contributed by atoms with van der Waals surface area (Å²) in [5.41, 5.74) is 1.36. The van der Waals surface area contributed by atoms with E-state index < -0.39 is 0 Å². The first-order chi connectivity index (χ1) is 10.1. The Balaban J connectivity index is 1.65. The molecule has 1 fully saturated rings. The van der Waals surface area contributed by atoms with Crippen LogP contribution in [0.15, 0.2) is 24.3 Å². The molecule has 0 heterocycles. The molecule has 1 amide bonds. The Bertz CT molecular complexity index is 450. The Labute approximate surface area is 127 Å². The lowest BCUT2D eigenvalue weighted by molar-refractivity contribution is -0.120. The Morgan fingerprint density at radius 1 is 1.29 bits per heavy atom. The van der Waals surface area contributed by atoms with Gasteiger partial charge in [-0.15, -0.1) is 0 Å². The maximum absolute atomic E-state index is 11.6. The molecule has 1 aromatic rings. The quantitative estimate of drug-likeness (QED) is 0.810. The topological polar surface area (TPSA) is 50.4 Å². The van der Waals surface area contributed by atoms with Crippen molar-refractivity contribution in [1.29, 1.82) is 0 Å². The van der Waals surface area contributed by atoms with Crippen molar-refractivity contribution < 1.29 is 9.53 Å². The number of hydrogen-bond acceptors (Lipinski definition) is 3. The number of carbonyl (C=O) groups is 1. The number of methoxy groups -OCH3 is 1. The molecule has 2 N–H and O–H groups in total. The van der Waals surface area contributed by atoms with Gasteiger partial charge in [0.15, 0.2) is 0 Å². The molecule has 0 aromatic heterocycles. The summed E-state index contributed by atoms with van der Waals surface area (Å²) < 4.78 is 5.17. The van der Waals surface area contributed by atoms with Crippen molar-refractivity contribution >= 4 is 5.91 Å². The van der Waals surface area contributed by atoms with Crippen LogP contribution in [0.2, 0.25) is 0 Å². The summed E-state index contributed by atoms with van der Waals surface area (Å²) >= 11 is 0. The Morgan fingerprint density at radius 3 is 2.52 bits per heavy atom. The van der Waals surface area contributed by atoms with E-state index in [9.17, 15) is 4.79 Å². The van der Waals surface area contributed by atoms with E-state index in [2.05, 4.69) is 36.6 Å². The highest BCUT2D eigenvalue weighted by Gasteiger charge is 2.30. The van der Waals surface area contributed by atoms with Crippen LogP contribution in [-0.2, 0) is 4.79 Å². The number of ether oxygens (including phenoxy) is 1. The van der Waals surface area contributed by atoms with Crippen molar-refractivity contribution in [2.45, 2.75) is 38.6 Å². The van der Waals surface area contributed by atoms with Crippen LogP contribution in [0.25, 0.3) is 0 Å². The third-order valence-electron chi connectivity index (χ3n) is 3.98. The first-order valence-electron chi connectivity index (χ1n) is 7.72. The molecule has 21 heavy (non-hydrogen) atoms. The second kappa shape index (κ2) is 7.46. The maximum Gasteiger partial charge on any atom is 0.233 e. The largest absolute Gasteiger partial charge is 0.497 e. The summed E-state index contributed by atoms with van der Waals surface area (Å²) in [6.07, 6.45) is 2.20. The van der Waals surface area contributed by atoms with E-state index in [0.29, 0.717) is 24.4 Å². The number of amides is 1. The van der Waals surface area contributed by atoms with Crippen LogP contribution in [0, 0.1) is 5.92 Å². The molecule has 1 saturated carbocycles. The molecular formula is C17H26N2O2. The summed E-state index contributed by atoms with van der Waals surface area (Å²) in [6.45, 7) is 5.37. The van der Waals surface area contributed by atoms with Crippen LogP contribution in [-0.4, -0.2) is 32.1 Å². The van der Waals surface area contributed by atoms with Gasteiger partial charge in [0, 0.05) is 12.6 Å². The van der Waals surface area contributed by atoms with E-state index >= 15 is 0 Å². The number of hydrogen-bond donors (Lipinski definition) is 2. The zero-order valence-electron chi connectivity index (χ0n) is 13.2. The van der Waals surface area contributed by atoms with E-state index in [4.69, 9.17) is 4.74 Å². The van der Waals surface area contributed by atoms with Crippen LogP contribution < -0.4 is 15.4 Å². The second-order valence-electron chi connectivity index (χ2n) is 6.22. The molecule has 0 spiro atoms. The summed E-state index contributed by atoms with van der Waals surface area (Å²) in [5.74, 6) is 2.09. The molecule has 1 aliphatic rings. The molecule has 0 atom stereocenters. The lowest BCUT2D eigenvalue weighted by Gasteiger charge is -2.36. The summed E-state index contributed by atoms with van der Waals surface area (Å²) in [4.78, 5) is 11.6. The standard InChI is InChI=1S/C17H26N2O2/c1-12(2)10-19-17(20)11-18-15-8-14(9-15)13-4-6-16(21-3)7-5-13/h4-7,12,14-15,18H,8-11H2,1-3H3,(H,19,20). The number of benzene rings is 1. The molecule has 116 valence electrons. The first kappa shape index (κ1) is 15.8. The van der Waals surface area contributed by atoms with E-state index in [1.165, 1.54) is 5.56 Å². The van der Waals surface area contributed by atoms with E-state index in [1.807, 2.05) is 12.1 Å². The number of nitrogens with one attached hydrogen (secondary N) is 2. The van der Waals surface area contributed by atoms with Gasteiger partial charge in [-0.05, 0) is 42.4 Å². The van der Waals surface area contributed by atoms with Crippen LogP contribution in [0.3, 0.4) is 0 Å². The lowest BCUT2D eigenvalue weighted by atomic mass is 9.76. The van der Waals surface area contributed by atoms with Crippen molar-refractivity contribution in [3.63, 3.8) is 0 Å². The normalized spacial score (nSPS) is 21.0. The van der Waals surface area contributed by atoms with Crippen molar-refractivity contribution in [3.05, 3.63) is 29.8 Å². The molecule has 1 aliphatic carbocycles. The Morgan fingerprint density at radius 2 is 1.95 bits per heavy atom. The van der Waals surface area contributed by atoms with Crippen LogP contribution in [0.4, 0.5) is 0 Å². The van der Waals surface area contributed by atoms with E-state index in [1.54, 1.807) is 7.11 Å². The van der Waals surface area contributed by atoms with E-state index in [0.717, 1.165) is 25.1 Å². The fourth-order valence-corrected chi connectivity index (χ4v) is 2.55. The van der Waals surface area contributed by atoms with Gasteiger partial charge < -0.3 is 15.4 Å². The maximum atomic E-state index is 11.6. The van der Waals surface area contributed by atoms with Gasteiger partial charge in [-0.2, -0.15) is 0 Å². The molecule has 0 radical (unpaired) electrons. The van der Waals surface area contributed by atoms with Gasteiger partial charge in [0.2, 0.25) is 5.91 Å². The number of carbonyl (C=O) groups excluding carboxylic acids is 1. The molecule has 0 unspecified atom stereocenters. The first-order valence-corrected chi connectivity index (χ1v) is 7.72. The molecular weight excluding hydrogens is 264 g/mol. The smallest absolute Gasteiger partial charge is 0.233 e. The minimum atomic E-state index is 0.0941. The van der Waals surface area contributed by atoms with Gasteiger partial charge in [-0.1, -0.05) is 26.0 Å². The highest BCUT2D eigenvalue weighted by atomic mass is 16.5. The Kier molecular flexibility index (Phi) is 5.62. The fourth-order valence-electron chi connectivity index (χ4n) is 2.55. The van der Waals surface area contributed by atoms with Gasteiger partial charge in [-0.25, -0.2) is 0 Å². The minimum absolute atomic E-state index is 0.0941. The second-order valence-corrected chi connectivity index (χ2v) is 6.22. The van der Waals surface area contributed by atoms with Gasteiger partial charge in [0.05, 0.1) is 13.7 Å². The van der Waals surface area contributed by atoms with Gasteiger partial charge in [0.25, 0.3) is 0 Å². The molecule has 1 aromatic carbocycles. The highest BCUT2D eigenvalue weighted by molar-refractivity contribution is 5.78. The van der Waals surface area contributed by atoms with Crippen molar-refractivity contribution in [1.82, 2.24) is 10.6 Å². The molecule has 0 saturated heterocycles. The molecule has 4 nitrogen and oxygen atoms in total. The predicted molar refractivity (Wildman–Crippen MR) is 84.6 cm³/mol. The molecule has 2 rings (SSSR count). The SMILES string of the molecule is COc1ccc(C2CC(NCC(=O)NCC(C)C)C2)cc1. The average molecular weight is 290 g/mol. The van der Waals surface area contributed by atoms with E-state index in [-0.39, 0.29) is 5.91 Å². The monoisotopic (exact) mass is 290 g/mol. The summed E-state index contributed by atoms with van der Waals surface area (Å²) in [6, 6.07) is 8.75.